The molecule has 5 heteroatoms. The van der Waals surface area contributed by atoms with E-state index in [0.29, 0.717) is 5.82 Å². The minimum Gasteiger partial charge on any atom is -0.384 e. The van der Waals surface area contributed by atoms with E-state index in [0.717, 1.165) is 29.0 Å². The van der Waals surface area contributed by atoms with E-state index in [1.807, 2.05) is 18.5 Å². The molecule has 0 amide bonds. The van der Waals surface area contributed by atoms with Crippen LogP contribution in [0.25, 0.3) is 22.5 Å². The second-order valence-corrected chi connectivity index (χ2v) is 4.91. The number of hydrogen-bond donors (Lipinski definition) is 1. The predicted octanol–water partition coefficient (Wildman–Crippen LogP) is 2.72. The number of rotatable bonds is 2. The summed E-state index contributed by atoms with van der Waals surface area (Å²) < 4.78 is 2.06. The Morgan fingerprint density at radius 1 is 1.05 bits per heavy atom. The molecule has 0 saturated heterocycles. The molecule has 3 aromatic heterocycles. The van der Waals surface area contributed by atoms with E-state index in [1.165, 1.54) is 5.57 Å². The van der Waals surface area contributed by atoms with E-state index in [4.69, 9.17) is 5.73 Å². The van der Waals surface area contributed by atoms with Crippen molar-refractivity contribution in [1.82, 2.24) is 19.4 Å². The highest BCUT2D eigenvalue weighted by Crippen LogP contribution is 2.24. The number of aromatic nitrogens is 4. The monoisotopic (exact) mass is 275 g/mol. The number of anilines is 1. The van der Waals surface area contributed by atoms with E-state index < -0.39 is 0 Å². The molecule has 4 rings (SSSR count). The summed E-state index contributed by atoms with van der Waals surface area (Å²) in [5.74, 6) is 0.504. The van der Waals surface area contributed by atoms with Crippen molar-refractivity contribution in [1.29, 1.82) is 0 Å². The number of pyridine rings is 1. The zero-order chi connectivity index (χ0) is 14.2. The van der Waals surface area contributed by atoms with Gasteiger partial charge in [-0.3, -0.25) is 9.38 Å². The average molecular weight is 275 g/mol. The summed E-state index contributed by atoms with van der Waals surface area (Å²) in [5.41, 5.74) is 10.5. The molecule has 0 saturated carbocycles. The van der Waals surface area contributed by atoms with Gasteiger partial charge in [-0.05, 0) is 24.1 Å². The molecule has 21 heavy (non-hydrogen) atoms. The molecular weight excluding hydrogens is 262 g/mol. The van der Waals surface area contributed by atoms with Gasteiger partial charge in [0.2, 0.25) is 0 Å². The fourth-order valence-corrected chi connectivity index (χ4v) is 2.46. The Morgan fingerprint density at radius 3 is 2.76 bits per heavy atom. The van der Waals surface area contributed by atoms with Crippen LogP contribution in [0.3, 0.4) is 0 Å². The van der Waals surface area contributed by atoms with E-state index >= 15 is 0 Å². The van der Waals surface area contributed by atoms with Crippen LogP contribution in [0.15, 0.2) is 55.1 Å². The third kappa shape index (κ3) is 1.99. The Hall–Kier alpha value is -2.95. The number of imidazole rings is 1. The van der Waals surface area contributed by atoms with Gasteiger partial charge >= 0.3 is 0 Å². The SMILES string of the molecule is Nc1ccc(-c2cn3c(C4=CCC=C4)cnc3cn2)cn1. The van der Waals surface area contributed by atoms with Gasteiger partial charge in [-0.1, -0.05) is 18.2 Å². The fraction of sp³-hybridized carbons (Fsp3) is 0.0625. The van der Waals surface area contributed by atoms with Gasteiger partial charge in [0.15, 0.2) is 5.65 Å². The van der Waals surface area contributed by atoms with Gasteiger partial charge < -0.3 is 5.73 Å². The molecule has 0 aliphatic heterocycles. The van der Waals surface area contributed by atoms with Crippen molar-refractivity contribution >= 4 is 17.0 Å². The quantitative estimate of drug-likeness (QED) is 0.780. The lowest BCUT2D eigenvalue weighted by atomic mass is 10.2. The Morgan fingerprint density at radius 2 is 2.00 bits per heavy atom. The van der Waals surface area contributed by atoms with E-state index in [-0.39, 0.29) is 0 Å². The van der Waals surface area contributed by atoms with Crippen LogP contribution < -0.4 is 5.73 Å². The van der Waals surface area contributed by atoms with E-state index in [9.17, 15) is 0 Å². The molecule has 5 nitrogen and oxygen atoms in total. The lowest BCUT2D eigenvalue weighted by Crippen LogP contribution is -1.95. The van der Waals surface area contributed by atoms with Gasteiger partial charge in [-0.15, -0.1) is 0 Å². The van der Waals surface area contributed by atoms with Gasteiger partial charge in [-0.2, -0.15) is 0 Å². The Balaban J connectivity index is 1.86. The van der Waals surface area contributed by atoms with Crippen LogP contribution >= 0.6 is 0 Å². The van der Waals surface area contributed by atoms with Gasteiger partial charge in [-0.25, -0.2) is 9.97 Å². The Kier molecular flexibility index (Phi) is 2.57. The normalized spacial score (nSPS) is 13.8. The first-order valence-corrected chi connectivity index (χ1v) is 6.73. The number of nitrogen functional groups attached to an aromatic ring is 1. The highest BCUT2D eigenvalue weighted by atomic mass is 15.0. The molecule has 2 N–H and O–H groups in total. The Bertz CT molecular complexity index is 871. The maximum Gasteiger partial charge on any atom is 0.155 e. The number of allylic oxidation sites excluding steroid dienone is 4. The van der Waals surface area contributed by atoms with E-state index in [2.05, 4.69) is 37.6 Å². The standard InChI is InChI=1S/C16H13N5/c17-15-6-5-12(7-19-15)13-10-21-14(11-3-1-2-4-11)8-20-16(21)9-18-13/h1,3-10H,2H2,(H2,17,19). The molecule has 0 spiro atoms. The van der Waals surface area contributed by atoms with Crippen molar-refractivity contribution in [3.8, 4) is 11.3 Å². The average Bonchev–Trinajstić information content (AvgIpc) is 3.16. The molecule has 3 aromatic rings. The van der Waals surface area contributed by atoms with Crippen molar-refractivity contribution in [3.05, 3.63) is 60.8 Å². The van der Waals surface area contributed by atoms with Crippen molar-refractivity contribution in [2.24, 2.45) is 0 Å². The second-order valence-electron chi connectivity index (χ2n) is 4.91. The molecule has 102 valence electrons. The molecule has 0 bridgehead atoms. The summed E-state index contributed by atoms with van der Waals surface area (Å²) in [6, 6.07) is 3.69. The first kappa shape index (κ1) is 11.8. The predicted molar refractivity (Wildman–Crippen MR) is 82.4 cm³/mol. The third-order valence-corrected chi connectivity index (χ3v) is 3.55. The highest BCUT2D eigenvalue weighted by Gasteiger charge is 2.10. The van der Waals surface area contributed by atoms with Gasteiger partial charge in [0, 0.05) is 18.0 Å². The van der Waals surface area contributed by atoms with Crippen molar-refractivity contribution in [2.45, 2.75) is 6.42 Å². The number of hydrogen-bond acceptors (Lipinski definition) is 4. The fourth-order valence-electron chi connectivity index (χ4n) is 2.46. The summed E-state index contributed by atoms with van der Waals surface area (Å²) in [5, 5.41) is 0. The van der Waals surface area contributed by atoms with Crippen molar-refractivity contribution in [2.75, 3.05) is 5.73 Å². The van der Waals surface area contributed by atoms with Crippen LogP contribution in [0.5, 0.6) is 0 Å². The van der Waals surface area contributed by atoms with Gasteiger partial charge in [0.05, 0.1) is 23.8 Å². The molecule has 1 aliphatic carbocycles. The topological polar surface area (TPSA) is 69.1 Å². The molecule has 0 aromatic carbocycles. The van der Waals surface area contributed by atoms with Crippen molar-refractivity contribution in [3.63, 3.8) is 0 Å². The first-order chi connectivity index (χ1) is 10.3. The molecule has 0 atom stereocenters. The first-order valence-electron chi connectivity index (χ1n) is 6.73. The van der Waals surface area contributed by atoms with Crippen LogP contribution in [-0.4, -0.2) is 19.4 Å². The summed E-state index contributed by atoms with van der Waals surface area (Å²) in [4.78, 5) is 13.0. The summed E-state index contributed by atoms with van der Waals surface area (Å²) in [6.07, 6.45) is 14.8. The minimum absolute atomic E-state index is 0.504. The molecule has 3 heterocycles. The summed E-state index contributed by atoms with van der Waals surface area (Å²) in [6.45, 7) is 0. The van der Waals surface area contributed by atoms with Gasteiger partial charge in [0.25, 0.3) is 0 Å². The maximum atomic E-state index is 5.62. The maximum absolute atomic E-state index is 5.62. The third-order valence-electron chi connectivity index (χ3n) is 3.55. The molecule has 0 radical (unpaired) electrons. The van der Waals surface area contributed by atoms with Crippen LogP contribution in [0.1, 0.15) is 12.1 Å². The highest BCUT2D eigenvalue weighted by molar-refractivity contribution is 5.76. The number of fused-ring (bicyclic) bond motifs is 1. The number of nitrogens with zero attached hydrogens (tertiary/aromatic N) is 4. The van der Waals surface area contributed by atoms with Gasteiger partial charge in [0.1, 0.15) is 5.82 Å². The zero-order valence-electron chi connectivity index (χ0n) is 11.3. The largest absolute Gasteiger partial charge is 0.384 e. The lowest BCUT2D eigenvalue weighted by molar-refractivity contribution is 1.11. The second kappa shape index (κ2) is 4.56. The molecular formula is C16H13N5. The molecule has 1 aliphatic rings. The zero-order valence-corrected chi connectivity index (χ0v) is 11.3. The Labute approximate surface area is 121 Å². The smallest absolute Gasteiger partial charge is 0.155 e. The van der Waals surface area contributed by atoms with Crippen LogP contribution in [0.2, 0.25) is 0 Å². The summed E-state index contributed by atoms with van der Waals surface area (Å²) >= 11 is 0. The van der Waals surface area contributed by atoms with Crippen LogP contribution in [0, 0.1) is 0 Å². The molecule has 0 unspecified atom stereocenters. The van der Waals surface area contributed by atoms with Crippen LogP contribution in [-0.2, 0) is 0 Å². The minimum atomic E-state index is 0.504. The lowest BCUT2D eigenvalue weighted by Gasteiger charge is -2.05. The molecule has 0 fully saturated rings. The summed E-state index contributed by atoms with van der Waals surface area (Å²) in [7, 11) is 0. The van der Waals surface area contributed by atoms with E-state index in [1.54, 1.807) is 18.5 Å². The number of nitrogens with two attached hydrogens (primary N) is 1. The van der Waals surface area contributed by atoms with Crippen LogP contribution in [0.4, 0.5) is 5.82 Å². The van der Waals surface area contributed by atoms with Crippen molar-refractivity contribution < 1.29 is 0 Å².